The summed E-state index contributed by atoms with van der Waals surface area (Å²) in [4.78, 5) is 25.6. The average molecular weight is 275 g/mol. The van der Waals surface area contributed by atoms with E-state index in [1.54, 1.807) is 16.8 Å². The van der Waals surface area contributed by atoms with Gasteiger partial charge >= 0.3 is 6.03 Å². The van der Waals surface area contributed by atoms with Crippen LogP contribution in [0.1, 0.15) is 25.7 Å². The second-order valence-electron chi connectivity index (χ2n) is 5.99. The highest BCUT2D eigenvalue weighted by Gasteiger charge is 2.46. The van der Waals surface area contributed by atoms with Crippen molar-refractivity contribution in [3.05, 3.63) is 34.7 Å². The molecule has 1 aliphatic heterocycles. The van der Waals surface area contributed by atoms with E-state index in [-0.39, 0.29) is 11.6 Å². The molecule has 1 aliphatic carbocycles. The maximum atomic E-state index is 12.1. The van der Waals surface area contributed by atoms with Crippen LogP contribution in [0.5, 0.6) is 0 Å². The third-order valence-corrected chi connectivity index (χ3v) is 4.43. The first-order chi connectivity index (χ1) is 9.69. The van der Waals surface area contributed by atoms with E-state index in [0.29, 0.717) is 18.5 Å². The van der Waals surface area contributed by atoms with Crippen LogP contribution < -0.4 is 10.9 Å². The Morgan fingerprint density at radius 2 is 2.15 bits per heavy atom. The van der Waals surface area contributed by atoms with Gasteiger partial charge in [0.15, 0.2) is 0 Å². The Labute approximate surface area is 118 Å². The summed E-state index contributed by atoms with van der Waals surface area (Å²) >= 11 is 0. The molecule has 108 valence electrons. The summed E-state index contributed by atoms with van der Waals surface area (Å²) in [6, 6.07) is 5.09. The lowest BCUT2D eigenvalue weighted by molar-refractivity contribution is 0.158. The zero-order valence-corrected chi connectivity index (χ0v) is 11.7. The van der Waals surface area contributed by atoms with Gasteiger partial charge in [0, 0.05) is 38.4 Å². The maximum Gasteiger partial charge on any atom is 0.317 e. The van der Waals surface area contributed by atoms with Crippen LogP contribution in [0, 0.1) is 5.41 Å². The van der Waals surface area contributed by atoms with Crippen molar-refractivity contribution < 1.29 is 4.79 Å². The average Bonchev–Trinajstić information content (AvgIpc) is 3.20. The molecule has 1 spiro atoms. The minimum atomic E-state index is -0.0309. The number of hydrogen-bond donors (Lipinski definition) is 1. The number of carbonyl (C=O) groups is 1. The van der Waals surface area contributed by atoms with Gasteiger partial charge in [0.2, 0.25) is 0 Å². The number of carbonyl (C=O) groups excluding carboxylic acids is 1. The molecule has 0 bridgehead atoms. The van der Waals surface area contributed by atoms with Crippen LogP contribution in [0.3, 0.4) is 0 Å². The Hall–Kier alpha value is -1.78. The van der Waals surface area contributed by atoms with E-state index in [4.69, 9.17) is 0 Å². The zero-order valence-electron chi connectivity index (χ0n) is 11.7. The van der Waals surface area contributed by atoms with E-state index in [1.165, 1.54) is 25.3 Å². The second-order valence-corrected chi connectivity index (χ2v) is 5.99. The molecule has 2 aliphatic rings. The number of nitrogens with one attached hydrogen (secondary N) is 1. The molecular formula is C15H21N3O2. The summed E-state index contributed by atoms with van der Waals surface area (Å²) in [5.74, 6) is 0. The third-order valence-electron chi connectivity index (χ3n) is 4.43. The first-order valence-corrected chi connectivity index (χ1v) is 7.37. The van der Waals surface area contributed by atoms with E-state index in [1.807, 2.05) is 11.0 Å². The van der Waals surface area contributed by atoms with Crippen molar-refractivity contribution >= 4 is 6.03 Å². The number of urea groups is 1. The van der Waals surface area contributed by atoms with E-state index in [9.17, 15) is 9.59 Å². The van der Waals surface area contributed by atoms with Gasteiger partial charge in [0.1, 0.15) is 0 Å². The van der Waals surface area contributed by atoms with Crippen molar-refractivity contribution in [1.82, 2.24) is 14.8 Å². The Balaban J connectivity index is 1.47. The maximum absolute atomic E-state index is 12.1. The van der Waals surface area contributed by atoms with Crippen LogP contribution in [-0.2, 0) is 6.54 Å². The zero-order chi connectivity index (χ0) is 14.0. The molecule has 0 unspecified atom stereocenters. The van der Waals surface area contributed by atoms with E-state index in [2.05, 4.69) is 5.32 Å². The van der Waals surface area contributed by atoms with Crippen LogP contribution in [-0.4, -0.2) is 35.1 Å². The topological polar surface area (TPSA) is 54.3 Å². The minimum absolute atomic E-state index is 0.0138. The Kier molecular flexibility index (Phi) is 3.51. The number of hydrogen-bond acceptors (Lipinski definition) is 2. The van der Waals surface area contributed by atoms with Gasteiger partial charge in [-0.25, -0.2) is 4.79 Å². The molecule has 5 heteroatoms. The Bertz CT molecular complexity index is 548. The van der Waals surface area contributed by atoms with Crippen LogP contribution in [0.2, 0.25) is 0 Å². The lowest BCUT2D eigenvalue weighted by Gasteiger charge is -2.33. The fourth-order valence-electron chi connectivity index (χ4n) is 3.01. The van der Waals surface area contributed by atoms with E-state index in [0.717, 1.165) is 19.5 Å². The van der Waals surface area contributed by atoms with Gasteiger partial charge in [0.25, 0.3) is 5.56 Å². The number of pyridine rings is 1. The van der Waals surface area contributed by atoms with Gasteiger partial charge < -0.3 is 14.8 Å². The summed E-state index contributed by atoms with van der Waals surface area (Å²) < 4.78 is 1.61. The SMILES string of the molecule is O=C(NCCn1ccccc1=O)N1CCCC2(CC2)C1. The number of nitrogens with zero attached hydrogens (tertiary/aromatic N) is 2. The number of likely N-dealkylation sites (tertiary alicyclic amines) is 1. The predicted molar refractivity (Wildman–Crippen MR) is 76.6 cm³/mol. The molecule has 2 amide bonds. The smallest absolute Gasteiger partial charge is 0.317 e. The summed E-state index contributed by atoms with van der Waals surface area (Å²) in [6.45, 7) is 2.78. The van der Waals surface area contributed by atoms with Crippen molar-refractivity contribution in [3.63, 3.8) is 0 Å². The van der Waals surface area contributed by atoms with Gasteiger partial charge in [-0.1, -0.05) is 6.07 Å². The van der Waals surface area contributed by atoms with Crippen molar-refractivity contribution in [2.45, 2.75) is 32.2 Å². The van der Waals surface area contributed by atoms with E-state index < -0.39 is 0 Å². The van der Waals surface area contributed by atoms with Gasteiger partial charge in [0.05, 0.1) is 0 Å². The molecule has 1 aromatic rings. The fourth-order valence-corrected chi connectivity index (χ4v) is 3.01. The largest absolute Gasteiger partial charge is 0.336 e. The van der Waals surface area contributed by atoms with Gasteiger partial charge in [-0.05, 0) is 37.2 Å². The number of rotatable bonds is 3. The standard InChI is InChI=1S/C15H21N3O2/c19-13-4-1-2-9-17(13)11-8-16-14(20)18-10-3-5-15(12-18)6-7-15/h1-2,4,9H,3,5-8,10-12H2,(H,16,20). The molecule has 1 saturated carbocycles. The molecule has 5 nitrogen and oxygen atoms in total. The second kappa shape index (κ2) is 5.31. The molecule has 3 rings (SSSR count). The molecule has 1 saturated heterocycles. The fraction of sp³-hybridized carbons (Fsp3) is 0.600. The Morgan fingerprint density at radius 3 is 2.90 bits per heavy atom. The lowest BCUT2D eigenvalue weighted by atomic mass is 9.95. The summed E-state index contributed by atoms with van der Waals surface area (Å²) in [5, 5.41) is 2.92. The van der Waals surface area contributed by atoms with E-state index >= 15 is 0 Å². The number of amides is 2. The highest BCUT2D eigenvalue weighted by atomic mass is 16.2. The molecule has 0 radical (unpaired) electrons. The lowest BCUT2D eigenvalue weighted by Crippen LogP contribution is -2.47. The summed E-state index contributed by atoms with van der Waals surface area (Å²) in [6.07, 6.45) is 6.68. The van der Waals surface area contributed by atoms with Crippen molar-refractivity contribution in [1.29, 1.82) is 0 Å². The third kappa shape index (κ3) is 2.86. The number of piperidine rings is 1. The van der Waals surface area contributed by atoms with Crippen molar-refractivity contribution in [2.75, 3.05) is 19.6 Å². The normalized spacial score (nSPS) is 19.9. The molecule has 2 fully saturated rings. The first kappa shape index (κ1) is 13.2. The Morgan fingerprint density at radius 1 is 1.30 bits per heavy atom. The molecule has 1 aromatic heterocycles. The summed E-state index contributed by atoms with van der Waals surface area (Å²) in [7, 11) is 0. The van der Waals surface area contributed by atoms with Crippen LogP contribution in [0.25, 0.3) is 0 Å². The van der Waals surface area contributed by atoms with Gasteiger partial charge in [-0.15, -0.1) is 0 Å². The quantitative estimate of drug-likeness (QED) is 0.907. The van der Waals surface area contributed by atoms with Crippen LogP contribution in [0.15, 0.2) is 29.2 Å². The summed E-state index contributed by atoms with van der Waals surface area (Å²) in [5.41, 5.74) is 0.419. The predicted octanol–water partition coefficient (Wildman–Crippen LogP) is 1.43. The van der Waals surface area contributed by atoms with Gasteiger partial charge in [-0.3, -0.25) is 4.79 Å². The number of aromatic nitrogens is 1. The van der Waals surface area contributed by atoms with Crippen molar-refractivity contribution in [3.8, 4) is 0 Å². The molecule has 2 heterocycles. The minimum Gasteiger partial charge on any atom is -0.336 e. The molecular weight excluding hydrogens is 254 g/mol. The van der Waals surface area contributed by atoms with Crippen LogP contribution >= 0.6 is 0 Å². The molecule has 0 aromatic carbocycles. The molecule has 20 heavy (non-hydrogen) atoms. The van der Waals surface area contributed by atoms with Gasteiger partial charge in [-0.2, -0.15) is 0 Å². The highest BCUT2D eigenvalue weighted by Crippen LogP contribution is 2.51. The molecule has 0 atom stereocenters. The first-order valence-electron chi connectivity index (χ1n) is 7.37. The molecule has 1 N–H and O–H groups in total. The van der Waals surface area contributed by atoms with Crippen LogP contribution in [0.4, 0.5) is 4.79 Å². The monoisotopic (exact) mass is 275 g/mol. The highest BCUT2D eigenvalue weighted by molar-refractivity contribution is 5.74. The van der Waals surface area contributed by atoms with Crippen molar-refractivity contribution in [2.24, 2.45) is 5.41 Å².